The molecule has 1 atom stereocenters. The van der Waals surface area contributed by atoms with Crippen LogP contribution in [0.15, 0.2) is 36.4 Å². The average molecular weight is 357 g/mol. The number of piperidine rings is 1. The van der Waals surface area contributed by atoms with E-state index in [9.17, 15) is 9.59 Å². The quantitative estimate of drug-likeness (QED) is 0.796. The molecule has 0 aromatic heterocycles. The number of hydrogen-bond acceptors (Lipinski definition) is 3. The normalized spacial score (nSPS) is 17.9. The smallest absolute Gasteiger partial charge is 0.246 e. The number of amides is 2. The predicted molar refractivity (Wildman–Crippen MR) is 106 cm³/mol. The maximum atomic E-state index is 12.6. The Labute approximate surface area is 157 Å². The second kappa shape index (κ2) is 9.53. The van der Waals surface area contributed by atoms with E-state index < -0.39 is 0 Å². The fourth-order valence-corrected chi connectivity index (χ4v) is 3.08. The van der Waals surface area contributed by atoms with Crippen molar-refractivity contribution in [1.29, 1.82) is 0 Å². The monoisotopic (exact) mass is 357 g/mol. The number of hydrogen-bond donors (Lipinski definition) is 1. The van der Waals surface area contributed by atoms with Crippen molar-refractivity contribution in [2.24, 2.45) is 5.92 Å². The van der Waals surface area contributed by atoms with Gasteiger partial charge in [0, 0.05) is 31.4 Å². The molecule has 1 unspecified atom stereocenters. The van der Waals surface area contributed by atoms with E-state index in [1.807, 2.05) is 43.3 Å². The second-order valence-corrected chi connectivity index (χ2v) is 7.56. The Morgan fingerprint density at radius 1 is 1.35 bits per heavy atom. The Hall–Kier alpha value is -2.14. The van der Waals surface area contributed by atoms with Gasteiger partial charge in [0.15, 0.2) is 0 Å². The van der Waals surface area contributed by atoms with E-state index in [0.29, 0.717) is 12.5 Å². The van der Waals surface area contributed by atoms with E-state index in [0.717, 1.165) is 31.6 Å². The van der Waals surface area contributed by atoms with Gasteiger partial charge in [0.05, 0.1) is 5.92 Å². The van der Waals surface area contributed by atoms with Crippen LogP contribution >= 0.6 is 0 Å². The van der Waals surface area contributed by atoms with Gasteiger partial charge in [-0.2, -0.15) is 0 Å². The van der Waals surface area contributed by atoms with Gasteiger partial charge < -0.3 is 15.1 Å². The standard InChI is InChI=1S/C21H31N3O2/c1-16(2)17-8-5-10-19(14-17)22-21(26)18-9-6-13-24(15-18)20(25)11-7-12-23(3)4/h5,7-8,10-11,14,16,18H,6,9,12-13,15H2,1-4H3,(H,22,26)/b11-7+. The summed E-state index contributed by atoms with van der Waals surface area (Å²) < 4.78 is 0. The summed E-state index contributed by atoms with van der Waals surface area (Å²) in [6, 6.07) is 7.98. The molecule has 1 saturated heterocycles. The maximum absolute atomic E-state index is 12.6. The van der Waals surface area contributed by atoms with Crippen molar-refractivity contribution in [3.05, 3.63) is 42.0 Å². The van der Waals surface area contributed by atoms with Crippen LogP contribution in [0.3, 0.4) is 0 Å². The average Bonchev–Trinajstić information content (AvgIpc) is 2.61. The summed E-state index contributed by atoms with van der Waals surface area (Å²) in [5.41, 5.74) is 2.03. The van der Waals surface area contributed by atoms with Gasteiger partial charge in [-0.05, 0) is 50.6 Å². The minimum absolute atomic E-state index is 0.000627. The Morgan fingerprint density at radius 2 is 2.12 bits per heavy atom. The van der Waals surface area contributed by atoms with Gasteiger partial charge in [-0.3, -0.25) is 9.59 Å². The highest BCUT2D eigenvalue weighted by Crippen LogP contribution is 2.22. The summed E-state index contributed by atoms with van der Waals surface area (Å²) in [6.45, 7) is 6.21. The summed E-state index contributed by atoms with van der Waals surface area (Å²) in [4.78, 5) is 28.7. The lowest BCUT2D eigenvalue weighted by molar-refractivity contribution is -0.130. The van der Waals surface area contributed by atoms with Gasteiger partial charge in [-0.15, -0.1) is 0 Å². The molecule has 1 N–H and O–H groups in total. The Bertz CT molecular complexity index is 652. The summed E-state index contributed by atoms with van der Waals surface area (Å²) in [5.74, 6) is 0.257. The van der Waals surface area contributed by atoms with Gasteiger partial charge >= 0.3 is 0 Å². The molecule has 0 aliphatic carbocycles. The van der Waals surface area contributed by atoms with E-state index in [1.54, 1.807) is 11.0 Å². The van der Waals surface area contributed by atoms with E-state index in [2.05, 4.69) is 25.2 Å². The van der Waals surface area contributed by atoms with Crippen molar-refractivity contribution in [3.8, 4) is 0 Å². The third-order valence-electron chi connectivity index (χ3n) is 4.66. The van der Waals surface area contributed by atoms with Crippen LogP contribution in [0.25, 0.3) is 0 Å². The molecule has 1 aromatic carbocycles. The molecule has 0 bridgehead atoms. The largest absolute Gasteiger partial charge is 0.338 e. The molecule has 1 fully saturated rings. The minimum Gasteiger partial charge on any atom is -0.338 e. The zero-order valence-corrected chi connectivity index (χ0v) is 16.4. The van der Waals surface area contributed by atoms with Gasteiger partial charge in [-0.1, -0.05) is 32.1 Å². The van der Waals surface area contributed by atoms with Crippen LogP contribution < -0.4 is 5.32 Å². The third-order valence-corrected chi connectivity index (χ3v) is 4.66. The van der Waals surface area contributed by atoms with Crippen LogP contribution in [0.4, 0.5) is 5.69 Å². The van der Waals surface area contributed by atoms with E-state index in [1.165, 1.54) is 5.56 Å². The number of anilines is 1. The van der Waals surface area contributed by atoms with E-state index in [-0.39, 0.29) is 17.7 Å². The van der Waals surface area contributed by atoms with Crippen molar-refractivity contribution >= 4 is 17.5 Å². The van der Waals surface area contributed by atoms with E-state index in [4.69, 9.17) is 0 Å². The molecule has 5 nitrogen and oxygen atoms in total. The number of rotatable bonds is 6. The Kier molecular flexibility index (Phi) is 7.39. The fourth-order valence-electron chi connectivity index (χ4n) is 3.08. The zero-order valence-electron chi connectivity index (χ0n) is 16.4. The molecule has 2 rings (SSSR count). The topological polar surface area (TPSA) is 52.7 Å². The molecule has 142 valence electrons. The van der Waals surface area contributed by atoms with Crippen LogP contribution in [0.5, 0.6) is 0 Å². The number of carbonyl (C=O) groups is 2. The van der Waals surface area contributed by atoms with Crippen molar-refractivity contribution < 1.29 is 9.59 Å². The summed E-state index contributed by atoms with van der Waals surface area (Å²) in [6.07, 6.45) is 5.16. The minimum atomic E-state index is -0.155. The van der Waals surface area contributed by atoms with Crippen molar-refractivity contribution in [2.45, 2.75) is 32.6 Å². The molecule has 1 aromatic rings. The second-order valence-electron chi connectivity index (χ2n) is 7.56. The molecule has 0 saturated carbocycles. The lowest BCUT2D eigenvalue weighted by atomic mass is 9.96. The summed E-state index contributed by atoms with van der Waals surface area (Å²) in [7, 11) is 3.93. The molecule has 1 aliphatic heterocycles. The first-order valence-electron chi connectivity index (χ1n) is 9.38. The molecule has 26 heavy (non-hydrogen) atoms. The molecule has 5 heteroatoms. The lowest BCUT2D eigenvalue weighted by Gasteiger charge is -2.31. The van der Waals surface area contributed by atoms with E-state index >= 15 is 0 Å². The molecular formula is C21H31N3O2. The van der Waals surface area contributed by atoms with Crippen molar-refractivity contribution in [2.75, 3.05) is 39.0 Å². The third kappa shape index (κ3) is 5.99. The van der Waals surface area contributed by atoms with Gasteiger partial charge in [0.1, 0.15) is 0 Å². The highest BCUT2D eigenvalue weighted by Gasteiger charge is 2.27. The maximum Gasteiger partial charge on any atom is 0.246 e. The van der Waals surface area contributed by atoms with Crippen molar-refractivity contribution in [1.82, 2.24) is 9.80 Å². The Balaban J connectivity index is 1.94. The van der Waals surface area contributed by atoms with Gasteiger partial charge in [-0.25, -0.2) is 0 Å². The molecule has 2 amide bonds. The van der Waals surface area contributed by atoms with Crippen LogP contribution in [0, 0.1) is 5.92 Å². The first kappa shape index (κ1) is 20.2. The number of likely N-dealkylation sites (tertiary alicyclic amines) is 1. The van der Waals surface area contributed by atoms with Crippen molar-refractivity contribution in [3.63, 3.8) is 0 Å². The van der Waals surface area contributed by atoms with Crippen LogP contribution in [-0.4, -0.2) is 55.3 Å². The summed E-state index contributed by atoms with van der Waals surface area (Å²) >= 11 is 0. The van der Waals surface area contributed by atoms with Gasteiger partial charge in [0.2, 0.25) is 11.8 Å². The highest BCUT2D eigenvalue weighted by molar-refractivity contribution is 5.94. The number of benzene rings is 1. The SMILES string of the molecule is CC(C)c1cccc(NC(=O)C2CCCN(C(=O)/C=C/CN(C)C)C2)c1. The number of likely N-dealkylation sites (N-methyl/N-ethyl adjacent to an activating group) is 1. The molecule has 1 heterocycles. The molecule has 0 spiro atoms. The first-order chi connectivity index (χ1) is 12.4. The number of carbonyl (C=O) groups excluding carboxylic acids is 2. The van der Waals surface area contributed by atoms with Crippen LogP contribution in [-0.2, 0) is 9.59 Å². The number of nitrogens with zero attached hydrogens (tertiary/aromatic N) is 2. The van der Waals surface area contributed by atoms with Crippen LogP contribution in [0.1, 0.15) is 38.2 Å². The predicted octanol–water partition coefficient (Wildman–Crippen LogP) is 3.10. The van der Waals surface area contributed by atoms with Gasteiger partial charge in [0.25, 0.3) is 0 Å². The highest BCUT2D eigenvalue weighted by atomic mass is 16.2. The fraction of sp³-hybridized carbons (Fsp3) is 0.524. The molecule has 0 radical (unpaired) electrons. The first-order valence-corrected chi connectivity index (χ1v) is 9.38. The Morgan fingerprint density at radius 3 is 2.81 bits per heavy atom. The summed E-state index contributed by atoms with van der Waals surface area (Å²) in [5, 5.41) is 3.02. The zero-order chi connectivity index (χ0) is 19.1. The number of nitrogens with one attached hydrogen (secondary N) is 1. The molecular weight excluding hydrogens is 326 g/mol. The van der Waals surface area contributed by atoms with Crippen LogP contribution in [0.2, 0.25) is 0 Å². The molecule has 1 aliphatic rings. The lowest BCUT2D eigenvalue weighted by Crippen LogP contribution is -2.43.